The van der Waals surface area contributed by atoms with Gasteiger partial charge in [0.1, 0.15) is 11.2 Å². The lowest BCUT2D eigenvalue weighted by atomic mass is 10.2. The highest BCUT2D eigenvalue weighted by molar-refractivity contribution is 8.45. The molecule has 0 aromatic heterocycles. The van der Waals surface area contributed by atoms with Crippen molar-refractivity contribution in [3.8, 4) is 0 Å². The third-order valence-electron chi connectivity index (χ3n) is 1.67. The van der Waals surface area contributed by atoms with Crippen LogP contribution < -0.4 is 0 Å². The number of hydrogen-bond donors (Lipinski definition) is 0. The summed E-state index contributed by atoms with van der Waals surface area (Å²) in [6, 6.07) is 2.66. The summed E-state index contributed by atoms with van der Waals surface area (Å²) >= 11 is 0. The minimum Gasteiger partial charge on any atom is -0.299 e. The fourth-order valence-corrected chi connectivity index (χ4v) is 1.70. The molecule has 0 heterocycles. The molecule has 0 saturated heterocycles. The minimum absolute atomic E-state index is 0.113. The van der Waals surface area contributed by atoms with Crippen LogP contribution in [0.3, 0.4) is 0 Å². The van der Waals surface area contributed by atoms with Crippen LogP contribution in [0.2, 0.25) is 0 Å². The lowest BCUT2D eigenvalue weighted by Gasteiger charge is -2.40. The fraction of sp³-hybridized carbons (Fsp3) is 0. The smallest absolute Gasteiger partial charge is 0.299 e. The molecule has 0 aliphatic heterocycles. The normalized spacial score (nSPS) is 16.8. The van der Waals surface area contributed by atoms with Crippen molar-refractivity contribution in [2.45, 2.75) is 4.90 Å². The predicted molar refractivity (Wildman–Crippen MR) is 52.9 cm³/mol. The molecule has 0 aliphatic rings. The molecule has 0 N–H and O–H groups in total. The molecule has 0 spiro atoms. The van der Waals surface area contributed by atoms with E-state index >= 15 is 0 Å². The summed E-state index contributed by atoms with van der Waals surface area (Å²) in [5.74, 6) is 0. The van der Waals surface area contributed by atoms with Crippen LogP contribution in [-0.2, 0) is 4.79 Å². The summed E-state index contributed by atoms with van der Waals surface area (Å²) in [6.45, 7) is 0. The highest BCUT2D eigenvalue weighted by Crippen LogP contribution is 3.02. The first-order valence-electron chi connectivity index (χ1n) is 3.99. The van der Waals surface area contributed by atoms with Crippen molar-refractivity contribution in [2.75, 3.05) is 0 Å². The fourth-order valence-electron chi connectivity index (χ4n) is 1.01. The van der Waals surface area contributed by atoms with Gasteiger partial charge in [0.25, 0.3) is 0 Å². The van der Waals surface area contributed by atoms with Gasteiger partial charge >= 0.3 is 10.2 Å². The number of halogens is 5. The molecule has 0 atom stereocenters. The quantitative estimate of drug-likeness (QED) is 0.441. The zero-order valence-electron chi connectivity index (χ0n) is 7.75. The van der Waals surface area contributed by atoms with E-state index in [4.69, 9.17) is 0 Å². The summed E-state index contributed by atoms with van der Waals surface area (Å²) < 4.78 is 61.8. The van der Waals surface area contributed by atoms with Crippen LogP contribution >= 0.6 is 10.2 Å². The van der Waals surface area contributed by atoms with Crippen molar-refractivity contribution in [1.29, 1.82) is 0 Å². The average Bonchev–Trinajstić information content (AvgIpc) is 2.12. The molecule has 1 aromatic rings. The number of rotatable bonds is 3. The van der Waals surface area contributed by atoms with E-state index in [0.29, 0.717) is 18.4 Å². The Morgan fingerprint density at radius 2 is 1.69 bits per heavy atom. The zero-order valence-corrected chi connectivity index (χ0v) is 8.56. The number of benzene rings is 1. The van der Waals surface area contributed by atoms with Crippen molar-refractivity contribution in [1.82, 2.24) is 0 Å². The summed E-state index contributed by atoms with van der Waals surface area (Å²) in [7, 11) is -9.63. The number of aldehydes is 1. The van der Waals surface area contributed by atoms with Gasteiger partial charge in [-0.1, -0.05) is 37.6 Å². The molecule has 16 heavy (non-hydrogen) atoms. The van der Waals surface area contributed by atoms with Crippen LogP contribution in [0.15, 0.2) is 35.2 Å². The van der Waals surface area contributed by atoms with Gasteiger partial charge in [0.05, 0.1) is 0 Å². The van der Waals surface area contributed by atoms with E-state index in [0.717, 1.165) is 18.2 Å². The first-order valence-corrected chi connectivity index (χ1v) is 5.94. The Kier molecular flexibility index (Phi) is 2.43. The second-order valence-corrected chi connectivity index (χ2v) is 5.45. The SMILES string of the molecule is O=CC=Cc1cccc(S(F)(F)(F)(F)F)c1. The van der Waals surface area contributed by atoms with Gasteiger partial charge in [-0.15, -0.1) is 0 Å². The van der Waals surface area contributed by atoms with E-state index in [1.165, 1.54) is 6.07 Å². The highest BCUT2D eigenvalue weighted by Gasteiger charge is 2.65. The van der Waals surface area contributed by atoms with E-state index in [2.05, 4.69) is 0 Å². The third kappa shape index (κ3) is 3.34. The van der Waals surface area contributed by atoms with Crippen molar-refractivity contribution in [2.24, 2.45) is 0 Å². The van der Waals surface area contributed by atoms with Crippen LogP contribution in [0.5, 0.6) is 0 Å². The monoisotopic (exact) mass is 258 g/mol. The summed E-state index contributed by atoms with van der Waals surface area (Å²) in [4.78, 5) is 7.97. The molecular weight excluding hydrogens is 251 g/mol. The second kappa shape index (κ2) is 3.07. The van der Waals surface area contributed by atoms with Gasteiger partial charge in [-0.3, -0.25) is 4.79 Å². The van der Waals surface area contributed by atoms with Gasteiger partial charge in [0.2, 0.25) is 0 Å². The van der Waals surface area contributed by atoms with E-state index in [9.17, 15) is 24.2 Å². The number of hydrogen-bond acceptors (Lipinski definition) is 1. The van der Waals surface area contributed by atoms with E-state index in [-0.39, 0.29) is 5.56 Å². The molecule has 0 fully saturated rings. The van der Waals surface area contributed by atoms with E-state index in [1.807, 2.05) is 0 Å². The van der Waals surface area contributed by atoms with E-state index in [1.54, 1.807) is 0 Å². The van der Waals surface area contributed by atoms with Gasteiger partial charge in [-0.05, 0) is 23.8 Å². The summed E-state index contributed by atoms with van der Waals surface area (Å²) in [5.41, 5.74) is -0.113. The zero-order chi connectivity index (χ0) is 12.5. The molecule has 0 amide bonds. The molecule has 0 unspecified atom stereocenters. The Morgan fingerprint density at radius 3 is 2.19 bits per heavy atom. The molecule has 0 saturated carbocycles. The van der Waals surface area contributed by atoms with E-state index < -0.39 is 15.1 Å². The maximum Gasteiger partial charge on any atom is 0.310 e. The summed E-state index contributed by atoms with van der Waals surface area (Å²) in [6.07, 6.45) is 2.27. The van der Waals surface area contributed by atoms with Gasteiger partial charge in [-0.25, -0.2) is 0 Å². The molecule has 1 rings (SSSR count). The Bertz CT molecular complexity index is 448. The molecule has 1 aromatic carbocycles. The molecule has 0 bridgehead atoms. The average molecular weight is 258 g/mol. The topological polar surface area (TPSA) is 17.1 Å². The van der Waals surface area contributed by atoms with Crippen LogP contribution in [0.4, 0.5) is 19.4 Å². The number of carbonyl (C=O) groups is 1. The van der Waals surface area contributed by atoms with Gasteiger partial charge < -0.3 is 0 Å². The van der Waals surface area contributed by atoms with Crippen molar-refractivity contribution in [3.05, 3.63) is 35.9 Å². The van der Waals surface area contributed by atoms with Crippen molar-refractivity contribution < 1.29 is 24.2 Å². The summed E-state index contributed by atoms with van der Waals surface area (Å²) in [5, 5.41) is 0. The van der Waals surface area contributed by atoms with Gasteiger partial charge in [0.15, 0.2) is 0 Å². The number of carbonyl (C=O) groups excluding carboxylic acids is 1. The van der Waals surface area contributed by atoms with Crippen LogP contribution in [-0.4, -0.2) is 6.29 Å². The van der Waals surface area contributed by atoms with Crippen molar-refractivity contribution >= 4 is 22.6 Å². The van der Waals surface area contributed by atoms with Crippen molar-refractivity contribution in [3.63, 3.8) is 0 Å². The first kappa shape index (κ1) is 12.7. The Morgan fingerprint density at radius 1 is 1.06 bits per heavy atom. The maximum absolute atomic E-state index is 12.4. The first-order chi connectivity index (χ1) is 7.03. The van der Waals surface area contributed by atoms with Gasteiger partial charge in [0, 0.05) is 0 Å². The second-order valence-electron chi connectivity index (χ2n) is 3.04. The lowest BCUT2D eigenvalue weighted by molar-refractivity contribution is -0.104. The van der Waals surface area contributed by atoms with Gasteiger partial charge in [-0.2, -0.15) is 0 Å². The highest BCUT2D eigenvalue weighted by atomic mass is 32.5. The Labute approximate surface area is 88.3 Å². The third-order valence-corrected chi connectivity index (χ3v) is 2.82. The lowest BCUT2D eigenvalue weighted by Crippen LogP contribution is -2.05. The predicted octanol–water partition coefficient (Wildman–Crippen LogP) is 4.56. The number of allylic oxidation sites excluding steroid dienone is 1. The van der Waals surface area contributed by atoms with Crippen LogP contribution in [0.25, 0.3) is 6.08 Å². The largest absolute Gasteiger partial charge is 0.310 e. The molecule has 90 valence electrons. The molecule has 0 radical (unpaired) electrons. The Balaban J connectivity index is 3.30. The maximum atomic E-state index is 12.4. The molecular formula is C9H7F5OS. The molecule has 0 aliphatic carbocycles. The molecule has 1 nitrogen and oxygen atoms in total. The standard InChI is InChI=1S/C9H7F5OS/c10-16(11,12,13,14)9-5-1-3-8(7-9)4-2-6-15/h1-7H. The van der Waals surface area contributed by atoms with Crippen LogP contribution in [0, 0.1) is 0 Å². The minimum atomic E-state index is -9.63. The Hall–Kier alpha value is -1.37. The van der Waals surface area contributed by atoms with Crippen LogP contribution in [0.1, 0.15) is 5.56 Å². The molecule has 7 heteroatoms.